The Morgan fingerprint density at radius 1 is 1.29 bits per heavy atom. The molecule has 0 spiro atoms. The van der Waals surface area contributed by atoms with Gasteiger partial charge < -0.3 is 9.84 Å². The van der Waals surface area contributed by atoms with E-state index in [-0.39, 0.29) is 5.89 Å². The first-order valence-corrected chi connectivity index (χ1v) is 7.39. The zero-order valence-corrected chi connectivity index (χ0v) is 12.3. The molecule has 0 fully saturated rings. The Bertz CT molecular complexity index is 755. The third-order valence-corrected chi connectivity index (χ3v) is 3.99. The van der Waals surface area contributed by atoms with Crippen molar-refractivity contribution in [3.05, 3.63) is 58.3 Å². The van der Waals surface area contributed by atoms with Gasteiger partial charge in [-0.3, -0.25) is 4.79 Å². The van der Waals surface area contributed by atoms with Crippen molar-refractivity contribution in [3.63, 3.8) is 0 Å². The van der Waals surface area contributed by atoms with Crippen molar-refractivity contribution < 1.29 is 9.32 Å². The Labute approximate surface area is 129 Å². The molecule has 3 aromatic rings. The van der Waals surface area contributed by atoms with E-state index in [2.05, 4.69) is 15.5 Å². The molecule has 3 rings (SSSR count). The number of nitrogens with one attached hydrogen (secondary N) is 1. The maximum absolute atomic E-state index is 12.0. The highest BCUT2D eigenvalue weighted by Crippen LogP contribution is 2.21. The summed E-state index contributed by atoms with van der Waals surface area (Å²) in [6.07, 6.45) is 0. The molecule has 2 heterocycles. The molecule has 2 aromatic heterocycles. The van der Waals surface area contributed by atoms with Crippen LogP contribution >= 0.6 is 22.9 Å². The van der Waals surface area contributed by atoms with Gasteiger partial charge in [0, 0.05) is 11.6 Å². The summed E-state index contributed by atoms with van der Waals surface area (Å²) in [5, 5.41) is 8.99. The summed E-state index contributed by atoms with van der Waals surface area (Å²) in [5.74, 6) is -0.0800. The highest BCUT2D eigenvalue weighted by Gasteiger charge is 2.16. The molecule has 0 saturated carbocycles. The minimum Gasteiger partial charge on any atom is -0.344 e. The maximum Gasteiger partial charge on any atom is 0.316 e. The van der Waals surface area contributed by atoms with Crippen LogP contribution in [0.1, 0.15) is 16.2 Å². The summed E-state index contributed by atoms with van der Waals surface area (Å²) in [6.45, 7) is 0.301. The number of amides is 1. The fourth-order valence-electron chi connectivity index (χ4n) is 1.71. The average Bonchev–Trinajstić information content (AvgIpc) is 3.16. The summed E-state index contributed by atoms with van der Waals surface area (Å²) in [5.41, 5.74) is 0.825. The van der Waals surface area contributed by atoms with Crippen molar-refractivity contribution in [1.82, 2.24) is 15.5 Å². The van der Waals surface area contributed by atoms with Gasteiger partial charge in [0.25, 0.3) is 0 Å². The Hall–Kier alpha value is -2.18. The molecule has 0 aliphatic heterocycles. The molecular weight excluding hydrogens is 310 g/mol. The van der Waals surface area contributed by atoms with E-state index in [1.807, 2.05) is 35.7 Å². The van der Waals surface area contributed by atoms with E-state index in [9.17, 15) is 4.79 Å². The molecule has 0 aliphatic carbocycles. The molecule has 0 aliphatic rings. The third-order valence-electron chi connectivity index (χ3n) is 2.76. The minimum atomic E-state index is -0.426. The number of nitrogens with zero attached hydrogens (tertiary/aromatic N) is 2. The molecule has 0 radical (unpaired) electrons. The number of aromatic nitrogens is 2. The predicted octanol–water partition coefficient (Wildman–Crippen LogP) is 3.38. The number of carbonyl (C=O) groups excluding carboxylic acids is 1. The largest absolute Gasteiger partial charge is 0.344 e. The second-order valence-electron chi connectivity index (χ2n) is 4.17. The lowest BCUT2D eigenvalue weighted by atomic mass is 10.2. The van der Waals surface area contributed by atoms with Crippen LogP contribution in [0, 0.1) is 0 Å². The van der Waals surface area contributed by atoms with Crippen molar-refractivity contribution in [2.24, 2.45) is 0 Å². The fraction of sp³-hybridized carbons (Fsp3) is 0.0714. The molecule has 7 heteroatoms. The lowest BCUT2D eigenvalue weighted by molar-refractivity contribution is 0.0907. The monoisotopic (exact) mass is 319 g/mol. The normalized spacial score (nSPS) is 10.5. The van der Waals surface area contributed by atoms with E-state index in [1.165, 1.54) is 11.3 Å². The molecule has 21 heavy (non-hydrogen) atoms. The van der Waals surface area contributed by atoms with Crippen LogP contribution in [-0.2, 0) is 6.54 Å². The lowest BCUT2D eigenvalue weighted by Gasteiger charge is -2.04. The van der Waals surface area contributed by atoms with Crippen LogP contribution in [0.25, 0.3) is 10.7 Å². The van der Waals surface area contributed by atoms with Crippen LogP contribution in [0.5, 0.6) is 0 Å². The Kier molecular flexibility index (Phi) is 3.98. The molecule has 0 unspecified atom stereocenters. The Morgan fingerprint density at radius 3 is 2.90 bits per heavy atom. The van der Waals surface area contributed by atoms with Gasteiger partial charge in [0.15, 0.2) is 0 Å². The number of benzene rings is 1. The molecule has 1 amide bonds. The van der Waals surface area contributed by atoms with Crippen LogP contribution in [0.4, 0.5) is 0 Å². The van der Waals surface area contributed by atoms with Gasteiger partial charge in [-0.25, -0.2) is 0 Å². The van der Waals surface area contributed by atoms with Gasteiger partial charge in [0.05, 0.1) is 4.88 Å². The van der Waals surface area contributed by atoms with Crippen molar-refractivity contribution in [2.45, 2.75) is 6.54 Å². The first-order chi connectivity index (χ1) is 10.2. The zero-order valence-electron chi connectivity index (χ0n) is 10.7. The molecule has 0 saturated heterocycles. The lowest BCUT2D eigenvalue weighted by Crippen LogP contribution is -2.23. The van der Waals surface area contributed by atoms with E-state index >= 15 is 0 Å². The van der Waals surface area contributed by atoms with E-state index < -0.39 is 5.91 Å². The predicted molar refractivity (Wildman–Crippen MR) is 80.2 cm³/mol. The van der Waals surface area contributed by atoms with E-state index in [0.29, 0.717) is 17.4 Å². The quantitative estimate of drug-likeness (QED) is 0.800. The summed E-state index contributed by atoms with van der Waals surface area (Å²) >= 11 is 7.50. The van der Waals surface area contributed by atoms with Gasteiger partial charge in [-0.15, -0.1) is 11.3 Å². The highest BCUT2D eigenvalue weighted by molar-refractivity contribution is 7.13. The number of hydrogen-bond donors (Lipinski definition) is 1. The van der Waals surface area contributed by atoms with Gasteiger partial charge in [-0.1, -0.05) is 41.0 Å². The number of rotatable bonds is 4. The van der Waals surface area contributed by atoms with E-state index in [1.54, 1.807) is 6.07 Å². The summed E-state index contributed by atoms with van der Waals surface area (Å²) in [6, 6.07) is 11.0. The van der Waals surface area contributed by atoms with Crippen LogP contribution in [0.3, 0.4) is 0 Å². The molecule has 1 aromatic carbocycles. The van der Waals surface area contributed by atoms with Gasteiger partial charge in [0.2, 0.25) is 5.82 Å². The fourth-order valence-corrected chi connectivity index (χ4v) is 2.57. The first-order valence-electron chi connectivity index (χ1n) is 6.13. The van der Waals surface area contributed by atoms with Gasteiger partial charge in [-0.05, 0) is 23.1 Å². The molecule has 1 N–H and O–H groups in total. The number of hydrogen-bond acceptors (Lipinski definition) is 5. The molecule has 5 nitrogen and oxygen atoms in total. The number of halogens is 1. The molecule has 106 valence electrons. The topological polar surface area (TPSA) is 68.0 Å². The van der Waals surface area contributed by atoms with E-state index in [0.717, 1.165) is 10.4 Å². The Balaban J connectivity index is 1.68. The van der Waals surface area contributed by atoms with Crippen LogP contribution in [0.2, 0.25) is 5.02 Å². The molecule has 0 atom stereocenters. The van der Waals surface area contributed by atoms with Crippen LogP contribution in [-0.4, -0.2) is 16.0 Å². The minimum absolute atomic E-state index is 0.0644. The van der Waals surface area contributed by atoms with Crippen molar-refractivity contribution >= 4 is 28.8 Å². The Morgan fingerprint density at radius 2 is 2.14 bits per heavy atom. The van der Waals surface area contributed by atoms with Crippen LogP contribution in [0.15, 0.2) is 46.3 Å². The SMILES string of the molecule is O=C(NCc1ccccc1Cl)c1nc(-c2cccs2)no1. The van der Waals surface area contributed by atoms with Gasteiger partial charge >= 0.3 is 11.8 Å². The van der Waals surface area contributed by atoms with Gasteiger partial charge in [0.1, 0.15) is 0 Å². The zero-order chi connectivity index (χ0) is 14.7. The first kappa shape index (κ1) is 13.8. The molecular formula is C14H10ClN3O2S. The van der Waals surface area contributed by atoms with Crippen molar-refractivity contribution in [1.29, 1.82) is 0 Å². The van der Waals surface area contributed by atoms with Gasteiger partial charge in [-0.2, -0.15) is 4.98 Å². The summed E-state index contributed by atoms with van der Waals surface area (Å²) in [7, 11) is 0. The van der Waals surface area contributed by atoms with Crippen LogP contribution < -0.4 is 5.32 Å². The second-order valence-corrected chi connectivity index (χ2v) is 5.53. The van der Waals surface area contributed by atoms with Crippen molar-refractivity contribution in [3.8, 4) is 10.7 Å². The molecule has 0 bridgehead atoms. The van der Waals surface area contributed by atoms with Crippen molar-refractivity contribution in [2.75, 3.05) is 0 Å². The smallest absolute Gasteiger partial charge is 0.316 e. The summed E-state index contributed by atoms with van der Waals surface area (Å²) in [4.78, 5) is 16.9. The highest BCUT2D eigenvalue weighted by atomic mass is 35.5. The maximum atomic E-state index is 12.0. The number of thiophene rings is 1. The standard InChI is InChI=1S/C14H10ClN3O2S/c15-10-5-2-1-4-9(10)8-16-13(19)14-17-12(18-20-14)11-6-3-7-21-11/h1-7H,8H2,(H,16,19). The second kappa shape index (κ2) is 6.07. The average molecular weight is 320 g/mol. The number of carbonyl (C=O) groups is 1. The third kappa shape index (κ3) is 3.12. The summed E-state index contributed by atoms with van der Waals surface area (Å²) < 4.78 is 4.97. The van der Waals surface area contributed by atoms with E-state index in [4.69, 9.17) is 16.1 Å².